The van der Waals surface area contributed by atoms with E-state index in [1.54, 1.807) is 11.1 Å². The van der Waals surface area contributed by atoms with Crippen molar-refractivity contribution in [2.45, 2.75) is 232 Å². The summed E-state index contributed by atoms with van der Waals surface area (Å²) in [4.78, 5) is 0. The molecule has 284 valence electrons. The van der Waals surface area contributed by atoms with Crippen LogP contribution in [0.1, 0.15) is 232 Å². The van der Waals surface area contributed by atoms with Gasteiger partial charge in [0.25, 0.3) is 0 Å². The molecule has 4 aliphatic carbocycles. The summed E-state index contributed by atoms with van der Waals surface area (Å²) >= 11 is 0. The summed E-state index contributed by atoms with van der Waals surface area (Å²) in [6.45, 7) is 6.58. The maximum absolute atomic E-state index is 6.10. The first-order valence-electron chi connectivity index (χ1n) is 23.1. The van der Waals surface area contributed by atoms with E-state index in [0.717, 1.165) is 48.7 Å². The lowest BCUT2D eigenvalue weighted by atomic mass is 9.76. The van der Waals surface area contributed by atoms with Crippen molar-refractivity contribution in [3.05, 3.63) is 23.3 Å². The third-order valence-corrected chi connectivity index (χ3v) is 14.1. The molecule has 0 aromatic rings. The molecule has 0 spiro atoms. The summed E-state index contributed by atoms with van der Waals surface area (Å²) in [6.07, 6.45) is 54.5. The van der Waals surface area contributed by atoms with Crippen LogP contribution in [0.3, 0.4) is 0 Å². The Labute approximate surface area is 308 Å². The molecule has 1 nitrogen and oxygen atoms in total. The number of ether oxygens (including phenoxy) is 1. The molecule has 1 heteroatoms. The molecule has 2 unspecified atom stereocenters. The largest absolute Gasteiger partial charge is 0.381 e. The average Bonchev–Trinajstić information content (AvgIpc) is 3.14. The van der Waals surface area contributed by atoms with Crippen LogP contribution in [0.25, 0.3) is 0 Å². The van der Waals surface area contributed by atoms with E-state index < -0.39 is 0 Å². The molecule has 49 heavy (non-hydrogen) atoms. The van der Waals surface area contributed by atoms with Crippen molar-refractivity contribution in [2.75, 3.05) is 13.2 Å². The van der Waals surface area contributed by atoms with Crippen molar-refractivity contribution in [3.8, 4) is 0 Å². The number of allylic oxidation sites excluding steroid dienone is 4. The molecular formula is C48H86O. The van der Waals surface area contributed by atoms with Crippen LogP contribution in [0.15, 0.2) is 23.3 Å². The van der Waals surface area contributed by atoms with Crippen LogP contribution >= 0.6 is 0 Å². The van der Waals surface area contributed by atoms with Gasteiger partial charge in [-0.2, -0.15) is 0 Å². The third-order valence-electron chi connectivity index (χ3n) is 14.1. The van der Waals surface area contributed by atoms with Crippen molar-refractivity contribution in [1.82, 2.24) is 0 Å². The summed E-state index contributed by atoms with van der Waals surface area (Å²) in [7, 11) is 0. The molecule has 2 atom stereocenters. The van der Waals surface area contributed by atoms with E-state index in [1.165, 1.54) is 218 Å². The summed E-state index contributed by atoms with van der Waals surface area (Å²) in [5, 5.41) is 0. The minimum atomic E-state index is 0.962. The van der Waals surface area contributed by atoms with Crippen LogP contribution in [0.5, 0.6) is 0 Å². The van der Waals surface area contributed by atoms with Gasteiger partial charge in [-0.15, -0.1) is 0 Å². The fraction of sp³-hybridized carbons (Fsp3) is 0.917. The van der Waals surface area contributed by atoms with E-state index in [-0.39, 0.29) is 0 Å². The van der Waals surface area contributed by atoms with Gasteiger partial charge in [0.2, 0.25) is 0 Å². The molecule has 0 bridgehead atoms. The lowest BCUT2D eigenvalue weighted by molar-refractivity contribution is 0.129. The second-order valence-corrected chi connectivity index (χ2v) is 18.2. The highest BCUT2D eigenvalue weighted by molar-refractivity contribution is 5.07. The van der Waals surface area contributed by atoms with E-state index in [4.69, 9.17) is 4.74 Å². The number of rotatable bonds is 26. The highest BCUT2D eigenvalue weighted by Gasteiger charge is 2.24. The van der Waals surface area contributed by atoms with Crippen LogP contribution < -0.4 is 0 Å². The molecule has 4 aliphatic rings. The minimum Gasteiger partial charge on any atom is -0.381 e. The van der Waals surface area contributed by atoms with Gasteiger partial charge in [0.15, 0.2) is 0 Å². The molecule has 0 aromatic heterocycles. The zero-order valence-corrected chi connectivity index (χ0v) is 33.5. The zero-order chi connectivity index (χ0) is 34.2. The quantitative estimate of drug-likeness (QED) is 0.0653. The Bertz CT molecular complexity index is 782. The van der Waals surface area contributed by atoms with Crippen LogP contribution in [-0.2, 0) is 4.74 Å². The SMILES string of the molecule is CCCCCCCC1CCC(CCC2CC=C(CCCOCCCC3=CCC(CCC4CCC(CCCCCCC)CC4)CC3)CC2)CC1. The molecule has 4 rings (SSSR count). The maximum Gasteiger partial charge on any atom is 0.0469 e. The van der Waals surface area contributed by atoms with Crippen LogP contribution in [0.4, 0.5) is 0 Å². The fourth-order valence-corrected chi connectivity index (χ4v) is 10.4. The van der Waals surface area contributed by atoms with Gasteiger partial charge in [0, 0.05) is 13.2 Å². The summed E-state index contributed by atoms with van der Waals surface area (Å²) in [6, 6.07) is 0. The number of unbranched alkanes of at least 4 members (excludes halogenated alkanes) is 8. The number of hydrogen-bond donors (Lipinski definition) is 0. The van der Waals surface area contributed by atoms with Gasteiger partial charge in [-0.3, -0.25) is 0 Å². The summed E-state index contributed by atoms with van der Waals surface area (Å²) in [5.41, 5.74) is 3.48. The average molecular weight is 679 g/mol. The minimum absolute atomic E-state index is 0.962. The van der Waals surface area contributed by atoms with Gasteiger partial charge in [-0.25, -0.2) is 0 Å². The lowest BCUT2D eigenvalue weighted by Crippen LogP contribution is -2.16. The van der Waals surface area contributed by atoms with Crippen molar-refractivity contribution >= 4 is 0 Å². The Kier molecular flexibility index (Phi) is 22.1. The fourth-order valence-electron chi connectivity index (χ4n) is 10.4. The summed E-state index contributed by atoms with van der Waals surface area (Å²) < 4.78 is 6.10. The second kappa shape index (κ2) is 26.2. The molecule has 0 radical (unpaired) electrons. The van der Waals surface area contributed by atoms with E-state index in [0.29, 0.717) is 0 Å². The van der Waals surface area contributed by atoms with Crippen molar-refractivity contribution in [3.63, 3.8) is 0 Å². The molecule has 0 aliphatic heterocycles. The van der Waals surface area contributed by atoms with Gasteiger partial charge in [0.1, 0.15) is 0 Å². The second-order valence-electron chi connectivity index (χ2n) is 18.2. The van der Waals surface area contributed by atoms with E-state index in [9.17, 15) is 0 Å². The Morgan fingerprint density at radius 2 is 0.776 bits per heavy atom. The Balaban J connectivity index is 0.918. The van der Waals surface area contributed by atoms with Crippen LogP contribution in [0.2, 0.25) is 0 Å². The van der Waals surface area contributed by atoms with Gasteiger partial charge in [-0.05, 0) is 113 Å². The molecule has 2 fully saturated rings. The smallest absolute Gasteiger partial charge is 0.0469 e. The highest BCUT2D eigenvalue weighted by atomic mass is 16.5. The van der Waals surface area contributed by atoms with Gasteiger partial charge >= 0.3 is 0 Å². The third kappa shape index (κ3) is 18.2. The highest BCUT2D eigenvalue weighted by Crippen LogP contribution is 2.39. The van der Waals surface area contributed by atoms with Crippen molar-refractivity contribution in [1.29, 1.82) is 0 Å². The van der Waals surface area contributed by atoms with Gasteiger partial charge in [-0.1, -0.05) is 178 Å². The standard InChI is InChI=1S/C48H86O/c1-3-5-7-9-11-15-41-19-27-45(28-20-41)35-37-47-31-23-43(24-32-47)17-13-39-49-40-14-18-44-25-33-48(34-26-44)38-36-46-29-21-42(22-30-46)16-12-10-8-6-4-2/h23,25,41-42,45-48H,3-22,24,26-40H2,1-2H3. The Morgan fingerprint density at radius 1 is 0.408 bits per heavy atom. The molecule has 0 saturated heterocycles. The Morgan fingerprint density at radius 3 is 1.14 bits per heavy atom. The molecule has 0 N–H and O–H groups in total. The zero-order valence-electron chi connectivity index (χ0n) is 33.5. The van der Waals surface area contributed by atoms with E-state index in [1.807, 2.05) is 0 Å². The monoisotopic (exact) mass is 679 g/mol. The van der Waals surface area contributed by atoms with Crippen LogP contribution in [0, 0.1) is 35.5 Å². The molecule has 0 aromatic carbocycles. The van der Waals surface area contributed by atoms with E-state index in [2.05, 4.69) is 26.0 Å². The molecule has 2 saturated carbocycles. The normalized spacial score (nSPS) is 28.0. The van der Waals surface area contributed by atoms with Gasteiger partial charge < -0.3 is 4.74 Å². The first-order valence-corrected chi connectivity index (χ1v) is 23.1. The molecular weight excluding hydrogens is 593 g/mol. The first-order chi connectivity index (χ1) is 24.2. The van der Waals surface area contributed by atoms with E-state index >= 15 is 0 Å². The number of hydrogen-bond acceptors (Lipinski definition) is 1. The van der Waals surface area contributed by atoms with Crippen LogP contribution in [-0.4, -0.2) is 13.2 Å². The maximum atomic E-state index is 6.10. The Hall–Kier alpha value is -0.560. The lowest BCUT2D eigenvalue weighted by Gasteiger charge is -2.30. The topological polar surface area (TPSA) is 9.23 Å². The summed E-state index contributed by atoms with van der Waals surface area (Å²) in [5.74, 6) is 6.16. The first kappa shape index (κ1) is 41.2. The van der Waals surface area contributed by atoms with Crippen molar-refractivity contribution in [2.24, 2.45) is 35.5 Å². The van der Waals surface area contributed by atoms with Gasteiger partial charge in [0.05, 0.1) is 0 Å². The molecule has 0 amide bonds. The molecule has 0 heterocycles. The van der Waals surface area contributed by atoms with Crippen molar-refractivity contribution < 1.29 is 4.74 Å². The predicted molar refractivity (Wildman–Crippen MR) is 216 cm³/mol. The predicted octanol–water partition coefficient (Wildman–Crippen LogP) is 15.9.